The number of aromatic nitrogens is 2. The first-order valence-corrected chi connectivity index (χ1v) is 7.05. The Morgan fingerprint density at radius 2 is 1.86 bits per heavy atom. The predicted octanol–water partition coefficient (Wildman–Crippen LogP) is 3.64. The summed E-state index contributed by atoms with van der Waals surface area (Å²) in [6.07, 6.45) is 0. The van der Waals surface area contributed by atoms with Gasteiger partial charge < -0.3 is 9.84 Å². The van der Waals surface area contributed by atoms with E-state index in [-0.39, 0.29) is 5.91 Å². The normalized spacial score (nSPS) is 10.7. The smallest absolute Gasteiger partial charge is 0.257 e. The van der Waals surface area contributed by atoms with Gasteiger partial charge in [-0.1, -0.05) is 23.4 Å². The highest BCUT2D eigenvalue weighted by Crippen LogP contribution is 2.21. The van der Waals surface area contributed by atoms with E-state index in [0.29, 0.717) is 11.4 Å². The van der Waals surface area contributed by atoms with Gasteiger partial charge in [-0.2, -0.15) is 0 Å². The summed E-state index contributed by atoms with van der Waals surface area (Å²) in [5.74, 6) is 1.29. The van der Waals surface area contributed by atoms with Gasteiger partial charge in [0, 0.05) is 23.1 Å². The van der Waals surface area contributed by atoms with E-state index in [1.165, 1.54) is 0 Å². The van der Waals surface area contributed by atoms with Gasteiger partial charge in [0.15, 0.2) is 5.82 Å². The van der Waals surface area contributed by atoms with Crippen LogP contribution in [0.3, 0.4) is 0 Å². The third kappa shape index (κ3) is 2.53. The fourth-order valence-electron chi connectivity index (χ4n) is 2.52. The lowest BCUT2D eigenvalue weighted by Crippen LogP contribution is -2.13. The summed E-state index contributed by atoms with van der Waals surface area (Å²) < 4.78 is 7.04. The number of carbonyl (C=O) groups is 1. The second-order valence-electron chi connectivity index (χ2n) is 5.24. The largest absolute Gasteiger partial charge is 0.360 e. The zero-order valence-electron chi connectivity index (χ0n) is 12.8. The van der Waals surface area contributed by atoms with E-state index in [4.69, 9.17) is 4.52 Å². The second kappa shape index (κ2) is 5.52. The Labute approximate surface area is 128 Å². The molecule has 0 aliphatic heterocycles. The summed E-state index contributed by atoms with van der Waals surface area (Å²) in [6, 6.07) is 13.1. The maximum absolute atomic E-state index is 12.5. The maximum atomic E-state index is 12.5. The van der Waals surface area contributed by atoms with E-state index in [9.17, 15) is 4.79 Å². The van der Waals surface area contributed by atoms with Crippen LogP contribution in [0.15, 0.2) is 47.0 Å². The number of benzene rings is 1. The van der Waals surface area contributed by atoms with Gasteiger partial charge >= 0.3 is 0 Å². The van der Waals surface area contributed by atoms with Gasteiger partial charge in [-0.05, 0) is 39.0 Å². The van der Waals surface area contributed by atoms with Gasteiger partial charge in [-0.15, -0.1) is 0 Å². The van der Waals surface area contributed by atoms with Crippen molar-refractivity contribution < 1.29 is 9.32 Å². The minimum atomic E-state index is -0.134. The average molecular weight is 295 g/mol. The summed E-state index contributed by atoms with van der Waals surface area (Å²) in [7, 11) is 0. The fraction of sp³-hybridized carbons (Fsp3) is 0.176. The minimum Gasteiger partial charge on any atom is -0.360 e. The van der Waals surface area contributed by atoms with Crippen molar-refractivity contribution in [2.75, 3.05) is 5.32 Å². The van der Waals surface area contributed by atoms with Gasteiger partial charge in [0.1, 0.15) is 5.76 Å². The molecule has 0 bridgehead atoms. The summed E-state index contributed by atoms with van der Waals surface area (Å²) >= 11 is 0. The molecular formula is C17H17N3O2. The van der Waals surface area contributed by atoms with Crippen molar-refractivity contribution in [1.82, 2.24) is 9.72 Å². The monoisotopic (exact) mass is 295 g/mol. The Balaban J connectivity index is 1.94. The summed E-state index contributed by atoms with van der Waals surface area (Å²) in [5, 5.41) is 6.92. The third-order valence-electron chi connectivity index (χ3n) is 3.55. The number of hydrogen-bond donors (Lipinski definition) is 1. The van der Waals surface area contributed by atoms with Crippen molar-refractivity contribution in [1.29, 1.82) is 0 Å². The molecule has 0 spiro atoms. The molecule has 1 amide bonds. The highest BCUT2D eigenvalue weighted by molar-refractivity contribution is 6.05. The lowest BCUT2D eigenvalue weighted by Gasteiger charge is -2.06. The van der Waals surface area contributed by atoms with Crippen LogP contribution in [0.5, 0.6) is 0 Å². The Bertz CT molecular complexity index is 816. The van der Waals surface area contributed by atoms with Gasteiger partial charge in [0.2, 0.25) is 0 Å². The first kappa shape index (κ1) is 14.1. The van der Waals surface area contributed by atoms with Gasteiger partial charge in [0.25, 0.3) is 5.91 Å². The number of amides is 1. The molecule has 0 aliphatic rings. The van der Waals surface area contributed by atoms with Crippen molar-refractivity contribution in [3.63, 3.8) is 0 Å². The topological polar surface area (TPSA) is 60.1 Å². The zero-order valence-corrected chi connectivity index (χ0v) is 12.8. The number of aryl methyl sites for hydroxylation is 2. The molecule has 0 saturated heterocycles. The average Bonchev–Trinajstić information content (AvgIpc) is 3.03. The molecule has 2 heterocycles. The lowest BCUT2D eigenvalue weighted by molar-refractivity contribution is 0.102. The van der Waals surface area contributed by atoms with Crippen molar-refractivity contribution >= 4 is 11.6 Å². The Morgan fingerprint density at radius 1 is 1.14 bits per heavy atom. The van der Waals surface area contributed by atoms with E-state index in [0.717, 1.165) is 22.8 Å². The van der Waals surface area contributed by atoms with Crippen molar-refractivity contribution in [2.24, 2.45) is 0 Å². The second-order valence-corrected chi connectivity index (χ2v) is 5.24. The number of hydrogen-bond acceptors (Lipinski definition) is 3. The van der Waals surface area contributed by atoms with Crippen molar-refractivity contribution in [3.05, 3.63) is 65.2 Å². The van der Waals surface area contributed by atoms with Crippen LogP contribution < -0.4 is 5.32 Å². The molecule has 0 unspecified atom stereocenters. The maximum Gasteiger partial charge on any atom is 0.257 e. The highest BCUT2D eigenvalue weighted by atomic mass is 16.5. The number of carbonyl (C=O) groups excluding carboxylic acids is 1. The van der Waals surface area contributed by atoms with Crippen LogP contribution in [0, 0.1) is 20.8 Å². The molecular weight excluding hydrogens is 278 g/mol. The van der Waals surface area contributed by atoms with Gasteiger partial charge in [0.05, 0.1) is 5.56 Å². The minimum absolute atomic E-state index is 0.134. The summed E-state index contributed by atoms with van der Waals surface area (Å²) in [6.45, 7) is 5.68. The van der Waals surface area contributed by atoms with Crippen LogP contribution in [0.25, 0.3) is 5.82 Å². The van der Waals surface area contributed by atoms with Gasteiger partial charge in [-0.3, -0.25) is 9.36 Å². The highest BCUT2D eigenvalue weighted by Gasteiger charge is 2.18. The zero-order chi connectivity index (χ0) is 15.7. The third-order valence-corrected chi connectivity index (χ3v) is 3.55. The molecule has 3 aromatic rings. The first-order chi connectivity index (χ1) is 10.6. The van der Waals surface area contributed by atoms with Crippen molar-refractivity contribution in [3.8, 4) is 5.82 Å². The standard InChI is InChI=1S/C17H17N3O2/c1-11-9-15(17(21)18-14-7-5-4-6-8-14)13(3)20(11)16-10-12(2)22-19-16/h4-10H,1-3H3,(H,18,21). The van der Waals surface area contributed by atoms with Crippen LogP contribution in [0.2, 0.25) is 0 Å². The molecule has 0 saturated carbocycles. The molecule has 0 radical (unpaired) electrons. The Hall–Kier alpha value is -2.82. The van der Waals surface area contributed by atoms with E-state index in [1.54, 1.807) is 0 Å². The predicted molar refractivity (Wildman–Crippen MR) is 84.4 cm³/mol. The molecule has 22 heavy (non-hydrogen) atoms. The molecule has 5 nitrogen and oxygen atoms in total. The van der Waals surface area contributed by atoms with E-state index in [2.05, 4.69) is 10.5 Å². The van der Waals surface area contributed by atoms with E-state index >= 15 is 0 Å². The number of para-hydroxylation sites is 1. The summed E-state index contributed by atoms with van der Waals surface area (Å²) in [5.41, 5.74) is 3.17. The number of rotatable bonds is 3. The van der Waals surface area contributed by atoms with Crippen LogP contribution in [0.1, 0.15) is 27.5 Å². The molecule has 1 N–H and O–H groups in total. The summed E-state index contributed by atoms with van der Waals surface area (Å²) in [4.78, 5) is 12.5. The molecule has 5 heteroatoms. The Morgan fingerprint density at radius 3 is 2.50 bits per heavy atom. The van der Waals surface area contributed by atoms with Crippen LogP contribution in [-0.2, 0) is 0 Å². The molecule has 0 fully saturated rings. The molecule has 1 aromatic carbocycles. The molecule has 3 rings (SSSR count). The quantitative estimate of drug-likeness (QED) is 0.802. The Kier molecular flexibility index (Phi) is 3.55. The molecule has 0 aliphatic carbocycles. The van der Waals surface area contributed by atoms with Gasteiger partial charge in [-0.25, -0.2) is 0 Å². The first-order valence-electron chi connectivity index (χ1n) is 7.05. The van der Waals surface area contributed by atoms with E-state index < -0.39 is 0 Å². The number of nitrogens with one attached hydrogen (secondary N) is 1. The van der Waals surface area contributed by atoms with Crippen molar-refractivity contribution in [2.45, 2.75) is 20.8 Å². The van der Waals surface area contributed by atoms with E-state index in [1.807, 2.05) is 67.8 Å². The molecule has 2 aromatic heterocycles. The molecule has 112 valence electrons. The fourth-order valence-corrected chi connectivity index (χ4v) is 2.52. The number of nitrogens with zero attached hydrogens (tertiary/aromatic N) is 2. The molecule has 0 atom stereocenters. The lowest BCUT2D eigenvalue weighted by atomic mass is 10.2. The van der Waals surface area contributed by atoms with Crippen LogP contribution in [0.4, 0.5) is 5.69 Å². The van der Waals surface area contributed by atoms with Crippen LogP contribution >= 0.6 is 0 Å². The SMILES string of the molecule is Cc1cc(-n2c(C)cc(C(=O)Nc3ccccc3)c2C)no1. The van der Waals surface area contributed by atoms with Crippen LogP contribution in [-0.4, -0.2) is 15.6 Å². The number of anilines is 1.